The van der Waals surface area contributed by atoms with Crippen molar-refractivity contribution in [2.45, 2.75) is 33.2 Å². The highest BCUT2D eigenvalue weighted by molar-refractivity contribution is 5.43. The molecule has 0 saturated heterocycles. The molecule has 2 aromatic rings. The van der Waals surface area contributed by atoms with Crippen molar-refractivity contribution < 1.29 is 0 Å². The maximum atomic E-state index is 5.83. The third-order valence-corrected chi connectivity index (χ3v) is 3.87. The molecule has 0 radical (unpaired) electrons. The minimum atomic E-state index is 0.0519. The molecule has 3 N–H and O–H groups in total. The fourth-order valence-corrected chi connectivity index (χ4v) is 2.57. The number of benzene rings is 2. The van der Waals surface area contributed by atoms with E-state index in [1.165, 1.54) is 27.8 Å². The highest BCUT2D eigenvalue weighted by Crippen LogP contribution is 2.28. The average Bonchev–Trinajstić information content (AvgIpc) is 2.45. The molecular weight excluding hydrogens is 232 g/mol. The number of hydrogen-bond donors (Lipinski definition) is 2. The van der Waals surface area contributed by atoms with Crippen molar-refractivity contribution in [2.75, 3.05) is 0 Å². The normalized spacial score (nSPS) is 12.4. The smallest absolute Gasteiger partial charge is 0.0715 e. The van der Waals surface area contributed by atoms with Gasteiger partial charge in [-0.25, -0.2) is 5.43 Å². The summed E-state index contributed by atoms with van der Waals surface area (Å²) in [6.07, 6.45) is 1.01. The van der Waals surface area contributed by atoms with Crippen molar-refractivity contribution in [3.63, 3.8) is 0 Å². The molecule has 2 nitrogen and oxygen atoms in total. The lowest BCUT2D eigenvalue weighted by Crippen LogP contribution is -2.30. The maximum Gasteiger partial charge on any atom is 0.0715 e. The predicted octanol–water partition coefficient (Wildman–Crippen LogP) is 3.42. The van der Waals surface area contributed by atoms with Gasteiger partial charge in [0.1, 0.15) is 0 Å². The van der Waals surface area contributed by atoms with Gasteiger partial charge in [-0.3, -0.25) is 5.84 Å². The summed E-state index contributed by atoms with van der Waals surface area (Å²) in [4.78, 5) is 0. The van der Waals surface area contributed by atoms with Crippen LogP contribution in [0.4, 0.5) is 0 Å². The Morgan fingerprint density at radius 2 is 1.68 bits per heavy atom. The van der Waals surface area contributed by atoms with Gasteiger partial charge in [0, 0.05) is 0 Å². The van der Waals surface area contributed by atoms with Crippen molar-refractivity contribution in [3.05, 3.63) is 70.3 Å². The van der Waals surface area contributed by atoms with E-state index in [4.69, 9.17) is 5.84 Å². The van der Waals surface area contributed by atoms with Crippen molar-refractivity contribution in [1.82, 2.24) is 5.43 Å². The molecule has 100 valence electrons. The minimum absolute atomic E-state index is 0.0519. The Morgan fingerprint density at radius 3 is 2.37 bits per heavy atom. The summed E-state index contributed by atoms with van der Waals surface area (Å²) in [7, 11) is 0. The molecule has 0 aliphatic rings. The highest BCUT2D eigenvalue weighted by Gasteiger charge is 2.17. The van der Waals surface area contributed by atoms with Crippen molar-refractivity contribution >= 4 is 0 Å². The summed E-state index contributed by atoms with van der Waals surface area (Å²) < 4.78 is 0. The Morgan fingerprint density at radius 1 is 1.00 bits per heavy atom. The van der Waals surface area contributed by atoms with Crippen LogP contribution < -0.4 is 11.3 Å². The highest BCUT2D eigenvalue weighted by atomic mass is 15.2. The summed E-state index contributed by atoms with van der Waals surface area (Å²) in [6, 6.07) is 14.9. The summed E-state index contributed by atoms with van der Waals surface area (Å²) in [5.74, 6) is 5.83. The molecule has 1 unspecified atom stereocenters. The zero-order valence-corrected chi connectivity index (χ0v) is 11.9. The molecule has 2 heteroatoms. The van der Waals surface area contributed by atoms with E-state index in [2.05, 4.69) is 68.7 Å². The molecule has 0 aliphatic heterocycles. The number of aryl methyl sites for hydroxylation is 2. The first-order valence-corrected chi connectivity index (χ1v) is 6.79. The van der Waals surface area contributed by atoms with E-state index in [9.17, 15) is 0 Å². The van der Waals surface area contributed by atoms with Crippen LogP contribution in [-0.2, 0) is 6.42 Å². The molecule has 0 spiro atoms. The Kier molecular flexibility index (Phi) is 4.35. The van der Waals surface area contributed by atoms with Gasteiger partial charge in [0.2, 0.25) is 0 Å². The van der Waals surface area contributed by atoms with Gasteiger partial charge in [0.05, 0.1) is 6.04 Å². The SMILES string of the molecule is CCc1ccccc1C(NN)c1cccc(C)c1C. The van der Waals surface area contributed by atoms with E-state index < -0.39 is 0 Å². The standard InChI is InChI=1S/C17H22N2/c1-4-14-9-5-6-10-16(14)17(19-18)15-11-7-8-12(2)13(15)3/h5-11,17,19H,4,18H2,1-3H3. The molecule has 0 aliphatic carbocycles. The summed E-state index contributed by atoms with van der Waals surface area (Å²) >= 11 is 0. The first kappa shape index (κ1) is 13.8. The van der Waals surface area contributed by atoms with Crippen molar-refractivity contribution in [3.8, 4) is 0 Å². The van der Waals surface area contributed by atoms with E-state index in [1.807, 2.05) is 0 Å². The summed E-state index contributed by atoms with van der Waals surface area (Å²) in [5.41, 5.74) is 9.43. The molecule has 0 amide bonds. The molecule has 1 atom stereocenters. The predicted molar refractivity (Wildman–Crippen MR) is 80.9 cm³/mol. The van der Waals surface area contributed by atoms with Crippen LogP contribution in [0.5, 0.6) is 0 Å². The van der Waals surface area contributed by atoms with Gasteiger partial charge in [-0.15, -0.1) is 0 Å². The Hall–Kier alpha value is -1.64. The Balaban J connectivity index is 2.53. The second-order valence-corrected chi connectivity index (χ2v) is 4.94. The van der Waals surface area contributed by atoms with Gasteiger partial charge in [-0.1, -0.05) is 49.4 Å². The number of rotatable bonds is 4. The fraction of sp³-hybridized carbons (Fsp3) is 0.294. The van der Waals surface area contributed by atoms with Crippen LogP contribution in [0.3, 0.4) is 0 Å². The largest absolute Gasteiger partial charge is 0.271 e. The van der Waals surface area contributed by atoms with Gasteiger partial charge in [-0.2, -0.15) is 0 Å². The van der Waals surface area contributed by atoms with E-state index in [0.29, 0.717) is 0 Å². The van der Waals surface area contributed by atoms with Gasteiger partial charge < -0.3 is 0 Å². The van der Waals surface area contributed by atoms with Gasteiger partial charge in [-0.05, 0) is 48.1 Å². The van der Waals surface area contributed by atoms with Crippen LogP contribution in [0.2, 0.25) is 0 Å². The second-order valence-electron chi connectivity index (χ2n) is 4.94. The second kappa shape index (κ2) is 6.00. The topological polar surface area (TPSA) is 38.0 Å². The van der Waals surface area contributed by atoms with E-state index >= 15 is 0 Å². The lowest BCUT2D eigenvalue weighted by molar-refractivity contribution is 0.627. The average molecular weight is 254 g/mol. The third-order valence-electron chi connectivity index (χ3n) is 3.87. The van der Waals surface area contributed by atoms with E-state index in [-0.39, 0.29) is 6.04 Å². The molecule has 0 saturated carbocycles. The number of nitrogens with one attached hydrogen (secondary N) is 1. The monoisotopic (exact) mass is 254 g/mol. The number of hydrogen-bond acceptors (Lipinski definition) is 2. The Bertz CT molecular complexity index is 561. The van der Waals surface area contributed by atoms with Crippen LogP contribution >= 0.6 is 0 Å². The van der Waals surface area contributed by atoms with Crippen LogP contribution in [0.15, 0.2) is 42.5 Å². The quantitative estimate of drug-likeness (QED) is 0.648. The third kappa shape index (κ3) is 2.70. The van der Waals surface area contributed by atoms with Crippen LogP contribution in [0, 0.1) is 13.8 Å². The van der Waals surface area contributed by atoms with Gasteiger partial charge in [0.25, 0.3) is 0 Å². The lowest BCUT2D eigenvalue weighted by Gasteiger charge is -2.22. The molecule has 0 aromatic heterocycles. The zero-order valence-electron chi connectivity index (χ0n) is 11.9. The minimum Gasteiger partial charge on any atom is -0.271 e. The van der Waals surface area contributed by atoms with Crippen molar-refractivity contribution in [1.29, 1.82) is 0 Å². The van der Waals surface area contributed by atoms with Crippen LogP contribution in [0.25, 0.3) is 0 Å². The van der Waals surface area contributed by atoms with Crippen molar-refractivity contribution in [2.24, 2.45) is 5.84 Å². The molecule has 0 fully saturated rings. The maximum absolute atomic E-state index is 5.83. The molecule has 2 rings (SSSR count). The molecule has 0 bridgehead atoms. The van der Waals surface area contributed by atoms with Gasteiger partial charge >= 0.3 is 0 Å². The van der Waals surface area contributed by atoms with Crippen LogP contribution in [-0.4, -0.2) is 0 Å². The first-order chi connectivity index (χ1) is 9.19. The fourth-order valence-electron chi connectivity index (χ4n) is 2.57. The lowest BCUT2D eigenvalue weighted by atomic mass is 9.90. The van der Waals surface area contributed by atoms with Gasteiger partial charge in [0.15, 0.2) is 0 Å². The molecule has 2 aromatic carbocycles. The number of hydrazine groups is 1. The Labute approximate surface area is 115 Å². The molecular formula is C17H22N2. The van der Waals surface area contributed by atoms with Crippen LogP contribution in [0.1, 0.15) is 40.8 Å². The summed E-state index contributed by atoms with van der Waals surface area (Å²) in [5, 5.41) is 0. The van der Waals surface area contributed by atoms with E-state index in [1.54, 1.807) is 0 Å². The first-order valence-electron chi connectivity index (χ1n) is 6.79. The van der Waals surface area contributed by atoms with E-state index in [0.717, 1.165) is 6.42 Å². The molecule has 19 heavy (non-hydrogen) atoms. The molecule has 0 heterocycles. The number of nitrogens with two attached hydrogens (primary N) is 1. The summed E-state index contributed by atoms with van der Waals surface area (Å²) in [6.45, 7) is 6.47. The zero-order chi connectivity index (χ0) is 13.8.